The van der Waals surface area contributed by atoms with Crippen LogP contribution in [0.15, 0.2) is 30.3 Å². The number of carbonyl (C=O) groups is 3. The van der Waals surface area contributed by atoms with Crippen LogP contribution >= 0.6 is 46.4 Å². The van der Waals surface area contributed by atoms with Gasteiger partial charge < -0.3 is 4.74 Å². The molecular formula is C20H15Cl4NO6S. The Morgan fingerprint density at radius 1 is 0.938 bits per heavy atom. The molecule has 1 aliphatic rings. The van der Waals surface area contributed by atoms with Crippen molar-refractivity contribution in [2.75, 3.05) is 12.0 Å². The number of amides is 2. The standard InChI is InChI=1S/C20H15Cl4NO6S/c1-32(29,30)5-4-17(20(28)31-9-10-2-3-13(21)14(22)6-10)25-18(26)11-7-15(23)16(24)8-12(11)19(25)27/h2-3,6-8,17H,4-5,9H2,1H3. The number of hydrogen-bond donors (Lipinski definition) is 0. The van der Waals surface area contributed by atoms with Crippen molar-refractivity contribution < 1.29 is 27.5 Å². The maximum Gasteiger partial charge on any atom is 0.329 e. The number of imide groups is 1. The highest BCUT2D eigenvalue weighted by atomic mass is 35.5. The van der Waals surface area contributed by atoms with Crippen molar-refractivity contribution in [2.24, 2.45) is 0 Å². The smallest absolute Gasteiger partial charge is 0.329 e. The summed E-state index contributed by atoms with van der Waals surface area (Å²) in [5.74, 6) is -3.00. The van der Waals surface area contributed by atoms with E-state index in [4.69, 9.17) is 51.1 Å². The van der Waals surface area contributed by atoms with Crippen LogP contribution < -0.4 is 0 Å². The van der Waals surface area contributed by atoms with Crippen molar-refractivity contribution >= 4 is 74.0 Å². The Morgan fingerprint density at radius 3 is 1.97 bits per heavy atom. The summed E-state index contributed by atoms with van der Waals surface area (Å²) in [4.78, 5) is 39.4. The minimum atomic E-state index is -3.51. The molecule has 32 heavy (non-hydrogen) atoms. The average molecular weight is 539 g/mol. The Bertz CT molecular complexity index is 1190. The van der Waals surface area contributed by atoms with Gasteiger partial charge in [0.05, 0.1) is 37.0 Å². The second-order valence-electron chi connectivity index (χ2n) is 7.08. The van der Waals surface area contributed by atoms with Crippen LogP contribution in [0, 0.1) is 0 Å². The summed E-state index contributed by atoms with van der Waals surface area (Å²) in [6, 6.07) is 5.58. The Kier molecular flexibility index (Phi) is 7.41. The molecule has 1 unspecified atom stereocenters. The van der Waals surface area contributed by atoms with E-state index in [0.29, 0.717) is 15.5 Å². The molecular weight excluding hydrogens is 524 g/mol. The summed E-state index contributed by atoms with van der Waals surface area (Å²) in [5, 5.41) is 0.686. The van der Waals surface area contributed by atoms with E-state index < -0.39 is 39.4 Å². The van der Waals surface area contributed by atoms with Crippen LogP contribution in [-0.2, 0) is 26.0 Å². The molecule has 0 aliphatic carbocycles. The zero-order valence-electron chi connectivity index (χ0n) is 16.4. The third-order valence-electron chi connectivity index (χ3n) is 4.67. The molecule has 0 aromatic heterocycles. The molecule has 170 valence electrons. The van der Waals surface area contributed by atoms with Crippen molar-refractivity contribution in [1.82, 2.24) is 4.90 Å². The van der Waals surface area contributed by atoms with E-state index in [-0.39, 0.29) is 39.2 Å². The minimum Gasteiger partial charge on any atom is -0.459 e. The number of rotatable bonds is 7. The Labute approximate surface area is 204 Å². The van der Waals surface area contributed by atoms with E-state index >= 15 is 0 Å². The molecule has 0 saturated heterocycles. The first-order valence-electron chi connectivity index (χ1n) is 9.04. The minimum absolute atomic E-state index is 0.0361. The van der Waals surface area contributed by atoms with Crippen LogP contribution in [0.3, 0.4) is 0 Å². The van der Waals surface area contributed by atoms with Crippen molar-refractivity contribution in [3.8, 4) is 0 Å². The van der Waals surface area contributed by atoms with Gasteiger partial charge in [0.15, 0.2) is 0 Å². The van der Waals surface area contributed by atoms with Crippen molar-refractivity contribution in [3.63, 3.8) is 0 Å². The van der Waals surface area contributed by atoms with Gasteiger partial charge in [-0.2, -0.15) is 0 Å². The van der Waals surface area contributed by atoms with Crippen molar-refractivity contribution in [3.05, 3.63) is 67.1 Å². The van der Waals surface area contributed by atoms with Gasteiger partial charge >= 0.3 is 5.97 Å². The zero-order valence-corrected chi connectivity index (χ0v) is 20.2. The molecule has 0 radical (unpaired) electrons. The zero-order chi connectivity index (χ0) is 23.8. The third-order valence-corrected chi connectivity index (χ3v) is 7.11. The van der Waals surface area contributed by atoms with E-state index in [9.17, 15) is 22.8 Å². The molecule has 12 heteroatoms. The summed E-state index contributed by atoms with van der Waals surface area (Å²) >= 11 is 23.7. The summed E-state index contributed by atoms with van der Waals surface area (Å²) < 4.78 is 28.7. The number of sulfone groups is 1. The van der Waals surface area contributed by atoms with Crippen molar-refractivity contribution in [1.29, 1.82) is 0 Å². The van der Waals surface area contributed by atoms with Gasteiger partial charge in [0.25, 0.3) is 11.8 Å². The van der Waals surface area contributed by atoms with Gasteiger partial charge in [-0.3, -0.25) is 14.5 Å². The maximum absolute atomic E-state index is 12.9. The second kappa shape index (κ2) is 9.57. The van der Waals surface area contributed by atoms with Crippen LogP contribution in [-0.4, -0.2) is 49.2 Å². The fraction of sp³-hybridized carbons (Fsp3) is 0.250. The molecule has 2 amide bonds. The van der Waals surface area contributed by atoms with Gasteiger partial charge in [0.1, 0.15) is 22.5 Å². The topological polar surface area (TPSA) is 97.8 Å². The van der Waals surface area contributed by atoms with E-state index in [2.05, 4.69) is 0 Å². The SMILES string of the molecule is CS(=O)(=O)CCC(C(=O)OCc1ccc(Cl)c(Cl)c1)N1C(=O)c2cc(Cl)c(Cl)cc2C1=O. The maximum atomic E-state index is 12.9. The van der Waals surface area contributed by atoms with Gasteiger partial charge in [0, 0.05) is 6.26 Å². The first kappa shape index (κ1) is 24.8. The van der Waals surface area contributed by atoms with Gasteiger partial charge in [-0.15, -0.1) is 0 Å². The van der Waals surface area contributed by atoms with E-state index in [1.807, 2.05) is 0 Å². The van der Waals surface area contributed by atoms with Crippen LogP contribution in [0.2, 0.25) is 20.1 Å². The number of nitrogens with zero attached hydrogens (tertiary/aromatic N) is 1. The lowest BCUT2D eigenvalue weighted by Crippen LogP contribution is -2.46. The highest BCUT2D eigenvalue weighted by Gasteiger charge is 2.44. The van der Waals surface area contributed by atoms with Crippen LogP contribution in [0.4, 0.5) is 0 Å². The predicted octanol–water partition coefficient (Wildman–Crippen LogP) is 4.44. The Balaban J connectivity index is 1.88. The number of esters is 1. The molecule has 1 heterocycles. The quantitative estimate of drug-likeness (QED) is 0.381. The van der Waals surface area contributed by atoms with Crippen LogP contribution in [0.1, 0.15) is 32.7 Å². The van der Waals surface area contributed by atoms with Gasteiger partial charge in [-0.1, -0.05) is 52.5 Å². The molecule has 2 aromatic rings. The Hall–Kier alpha value is -1.84. The van der Waals surface area contributed by atoms with Gasteiger partial charge in [-0.05, 0) is 36.2 Å². The van der Waals surface area contributed by atoms with Crippen LogP contribution in [0.5, 0.6) is 0 Å². The Morgan fingerprint density at radius 2 is 1.47 bits per heavy atom. The number of fused-ring (bicyclic) bond motifs is 1. The molecule has 1 aliphatic heterocycles. The molecule has 0 spiro atoms. The monoisotopic (exact) mass is 537 g/mol. The summed E-state index contributed by atoms with van der Waals surface area (Å²) in [6.07, 6.45) is 0.638. The molecule has 0 bridgehead atoms. The fourth-order valence-electron chi connectivity index (χ4n) is 3.09. The summed E-state index contributed by atoms with van der Waals surface area (Å²) in [7, 11) is -3.51. The summed E-state index contributed by atoms with van der Waals surface area (Å²) in [6.45, 7) is -0.230. The number of benzene rings is 2. The lowest BCUT2D eigenvalue weighted by molar-refractivity contribution is -0.149. The number of hydrogen-bond acceptors (Lipinski definition) is 6. The lowest BCUT2D eigenvalue weighted by atomic mass is 10.1. The first-order chi connectivity index (χ1) is 14.9. The third kappa shape index (κ3) is 5.38. The first-order valence-corrected chi connectivity index (χ1v) is 12.6. The van der Waals surface area contributed by atoms with E-state index in [1.54, 1.807) is 6.07 Å². The van der Waals surface area contributed by atoms with Gasteiger partial charge in [-0.25, -0.2) is 13.2 Å². The molecule has 7 nitrogen and oxygen atoms in total. The second-order valence-corrected chi connectivity index (χ2v) is 11.0. The largest absolute Gasteiger partial charge is 0.459 e. The number of ether oxygens (including phenoxy) is 1. The van der Waals surface area contributed by atoms with Crippen molar-refractivity contribution in [2.45, 2.75) is 19.1 Å². The highest BCUT2D eigenvalue weighted by Crippen LogP contribution is 2.33. The molecule has 1 atom stereocenters. The molecule has 2 aromatic carbocycles. The fourth-order valence-corrected chi connectivity index (χ4v) is 4.39. The highest BCUT2D eigenvalue weighted by molar-refractivity contribution is 7.90. The number of halogens is 4. The molecule has 0 fully saturated rings. The molecule has 0 saturated carbocycles. The predicted molar refractivity (Wildman–Crippen MR) is 121 cm³/mol. The number of carbonyl (C=O) groups excluding carboxylic acids is 3. The van der Waals surface area contributed by atoms with Gasteiger partial charge in [0.2, 0.25) is 0 Å². The normalized spacial score (nSPS) is 14.5. The molecule has 0 N–H and O–H groups in total. The average Bonchev–Trinajstić information content (AvgIpc) is 2.93. The van der Waals surface area contributed by atoms with Crippen LogP contribution in [0.25, 0.3) is 0 Å². The summed E-state index contributed by atoms with van der Waals surface area (Å²) in [5.41, 5.74) is 0.438. The van der Waals surface area contributed by atoms with E-state index in [0.717, 1.165) is 6.26 Å². The lowest BCUT2D eigenvalue weighted by Gasteiger charge is -2.24. The molecule has 3 rings (SSSR count). The van der Waals surface area contributed by atoms with E-state index in [1.165, 1.54) is 24.3 Å².